The molecule has 0 radical (unpaired) electrons. The molecule has 0 atom stereocenters. The second-order valence-electron chi connectivity index (χ2n) is 5.57. The summed E-state index contributed by atoms with van der Waals surface area (Å²) in [6.45, 7) is 7.70. The summed E-state index contributed by atoms with van der Waals surface area (Å²) in [4.78, 5) is 22.0. The van der Waals surface area contributed by atoms with E-state index in [9.17, 15) is 4.79 Å². The lowest BCUT2D eigenvalue weighted by Crippen LogP contribution is -2.20. The van der Waals surface area contributed by atoms with Crippen molar-refractivity contribution >= 4 is 42.2 Å². The van der Waals surface area contributed by atoms with E-state index in [4.69, 9.17) is 11.6 Å². The number of nitrogens with one attached hydrogen (secondary N) is 2. The summed E-state index contributed by atoms with van der Waals surface area (Å²) in [5.41, 5.74) is 0.849. The molecule has 8 nitrogen and oxygen atoms in total. The van der Waals surface area contributed by atoms with Crippen LogP contribution in [0.4, 0.5) is 16.2 Å². The van der Waals surface area contributed by atoms with Gasteiger partial charge in [0.1, 0.15) is 0 Å². The third kappa shape index (κ3) is 5.12. The van der Waals surface area contributed by atoms with Gasteiger partial charge in [0.05, 0.1) is 46.5 Å². The Morgan fingerprint density at radius 2 is 1.61 bits per heavy atom. The molecule has 0 bridgehead atoms. The highest BCUT2D eigenvalue weighted by Gasteiger charge is 2.09. The van der Waals surface area contributed by atoms with Gasteiger partial charge in [-0.05, 0) is 23.4 Å². The van der Waals surface area contributed by atoms with Gasteiger partial charge < -0.3 is 10.6 Å². The van der Waals surface area contributed by atoms with Crippen LogP contribution in [0.1, 0.15) is 0 Å². The van der Waals surface area contributed by atoms with Gasteiger partial charge >= 0.3 is 6.03 Å². The van der Waals surface area contributed by atoms with E-state index in [0.29, 0.717) is 27.8 Å². The second-order valence-corrected chi connectivity index (χ2v) is 5.98. The van der Waals surface area contributed by atoms with E-state index >= 15 is 0 Å². The van der Waals surface area contributed by atoms with E-state index in [1.807, 2.05) is 12.1 Å². The molecule has 0 unspecified atom stereocenters. The number of urea groups is 1. The Hall–Kier alpha value is -3.78. The highest BCUT2D eigenvalue weighted by atomic mass is 35.5. The van der Waals surface area contributed by atoms with Crippen LogP contribution in [0.3, 0.4) is 0 Å². The molecule has 0 spiro atoms. The first-order valence-corrected chi connectivity index (χ1v) is 8.47. The van der Waals surface area contributed by atoms with Crippen molar-refractivity contribution in [1.82, 2.24) is 25.0 Å². The molecule has 0 aliphatic rings. The molecule has 28 heavy (non-hydrogen) atoms. The van der Waals surface area contributed by atoms with E-state index in [1.54, 1.807) is 24.3 Å². The van der Waals surface area contributed by atoms with E-state index < -0.39 is 6.03 Å². The summed E-state index contributed by atoms with van der Waals surface area (Å²) in [6, 6.07) is 9.91. The number of amides is 2. The van der Waals surface area contributed by atoms with E-state index in [2.05, 4.69) is 44.0 Å². The highest BCUT2D eigenvalue weighted by Crippen LogP contribution is 2.20. The maximum atomic E-state index is 12.3. The molecule has 2 amide bonds. The monoisotopic (exact) mass is 393 g/mol. The highest BCUT2D eigenvalue weighted by molar-refractivity contribution is 6.32. The predicted octanol–water partition coefficient (Wildman–Crippen LogP) is 2.30. The summed E-state index contributed by atoms with van der Waals surface area (Å²) in [6.07, 6.45) is 5.97. The van der Waals surface area contributed by atoms with Gasteiger partial charge in [0.15, 0.2) is 5.82 Å². The van der Waals surface area contributed by atoms with Gasteiger partial charge in [0, 0.05) is 0 Å². The molecule has 3 aromatic rings. The Balaban J connectivity index is 1.79. The second kappa shape index (κ2) is 8.74. The lowest BCUT2D eigenvalue weighted by atomic mass is 10.3. The largest absolute Gasteiger partial charge is 0.323 e. The van der Waals surface area contributed by atoms with Gasteiger partial charge in [-0.2, -0.15) is 10.2 Å². The first kappa shape index (κ1) is 19.0. The summed E-state index contributed by atoms with van der Waals surface area (Å²) in [7, 11) is 0. The van der Waals surface area contributed by atoms with Crippen molar-refractivity contribution < 1.29 is 4.79 Å². The first-order chi connectivity index (χ1) is 13.5. The summed E-state index contributed by atoms with van der Waals surface area (Å²) in [5.74, 6) is 0.356. The number of hydrogen-bond acceptors (Lipinski definition) is 5. The van der Waals surface area contributed by atoms with Crippen LogP contribution < -0.4 is 21.2 Å². The van der Waals surface area contributed by atoms with Crippen molar-refractivity contribution in [1.29, 1.82) is 0 Å². The summed E-state index contributed by atoms with van der Waals surface area (Å²) >= 11 is 6.20. The van der Waals surface area contributed by atoms with Crippen LogP contribution in [0.25, 0.3) is 19.0 Å². The SMILES string of the molecule is C=c1ccccc(=C)ncc(NC(=O)Nc2cnc(-n3nccn3)c(Cl)c2)c1. The predicted molar refractivity (Wildman–Crippen MR) is 109 cm³/mol. The van der Waals surface area contributed by atoms with Crippen molar-refractivity contribution in [3.63, 3.8) is 0 Å². The quantitative estimate of drug-likeness (QED) is 0.711. The zero-order valence-electron chi connectivity index (χ0n) is 14.7. The summed E-state index contributed by atoms with van der Waals surface area (Å²) < 4.78 is 0. The number of rotatable bonds is 3. The number of carbonyl (C=O) groups excluding carboxylic acids is 1. The van der Waals surface area contributed by atoms with Crippen molar-refractivity contribution in [3.8, 4) is 5.82 Å². The van der Waals surface area contributed by atoms with Crippen molar-refractivity contribution in [3.05, 3.63) is 76.8 Å². The number of halogens is 1. The average molecular weight is 394 g/mol. The van der Waals surface area contributed by atoms with Crippen LogP contribution in [-0.2, 0) is 0 Å². The topological polar surface area (TPSA) is 97.6 Å². The molecule has 3 heterocycles. The van der Waals surface area contributed by atoms with Gasteiger partial charge in [-0.1, -0.05) is 43.0 Å². The Morgan fingerprint density at radius 3 is 2.32 bits per heavy atom. The number of pyridine rings is 1. The zero-order chi connectivity index (χ0) is 19.9. The molecule has 0 saturated heterocycles. The van der Waals surface area contributed by atoms with Crippen LogP contribution >= 0.6 is 11.6 Å². The molecule has 0 fully saturated rings. The minimum Gasteiger partial charge on any atom is -0.306 e. The van der Waals surface area contributed by atoms with Crippen LogP contribution in [0.15, 0.2) is 61.2 Å². The molecular formula is C19H16ClN7O. The Bertz CT molecular complexity index is 1150. The van der Waals surface area contributed by atoms with Gasteiger partial charge in [0.2, 0.25) is 0 Å². The molecule has 140 valence electrons. The van der Waals surface area contributed by atoms with Crippen LogP contribution in [-0.4, -0.2) is 31.0 Å². The standard InChI is InChI=1S/C19H16ClN7O/c1-13-5-3-4-6-14(2)21-11-15(9-13)25-19(28)26-16-10-17(20)18(22-12-16)27-23-7-8-24-27/h3-12H,1-2H2,(H2,25,26,28). The Morgan fingerprint density at radius 1 is 0.964 bits per heavy atom. The molecule has 0 aromatic carbocycles. The molecule has 9 heteroatoms. The Labute approximate surface area is 165 Å². The smallest absolute Gasteiger partial charge is 0.306 e. The van der Waals surface area contributed by atoms with Crippen LogP contribution in [0.2, 0.25) is 5.02 Å². The van der Waals surface area contributed by atoms with E-state index in [0.717, 1.165) is 0 Å². The molecule has 0 aliphatic carbocycles. The minimum atomic E-state index is -0.490. The van der Waals surface area contributed by atoms with Crippen molar-refractivity contribution in [2.45, 2.75) is 0 Å². The normalized spacial score (nSPS) is 10.0. The third-order valence-corrected chi connectivity index (χ3v) is 3.64. The Kier molecular flexibility index (Phi) is 5.93. The number of aromatic nitrogens is 5. The fourth-order valence-corrected chi connectivity index (χ4v) is 2.40. The van der Waals surface area contributed by atoms with Gasteiger partial charge in [-0.25, -0.2) is 9.78 Å². The molecule has 3 rings (SSSR count). The lowest BCUT2D eigenvalue weighted by Gasteiger charge is -2.08. The number of hydrogen-bond donors (Lipinski definition) is 2. The fraction of sp³-hybridized carbons (Fsp3) is 0. The van der Waals surface area contributed by atoms with Crippen molar-refractivity contribution in [2.75, 3.05) is 10.6 Å². The molecule has 3 aromatic heterocycles. The number of carbonyl (C=O) groups is 1. The minimum absolute atomic E-state index is 0.287. The van der Waals surface area contributed by atoms with Gasteiger partial charge in [0.25, 0.3) is 0 Å². The lowest BCUT2D eigenvalue weighted by molar-refractivity contribution is 0.262. The molecular weight excluding hydrogens is 378 g/mol. The number of anilines is 2. The zero-order valence-corrected chi connectivity index (χ0v) is 15.5. The van der Waals surface area contributed by atoms with Gasteiger partial charge in [-0.15, -0.1) is 4.80 Å². The summed E-state index contributed by atoms with van der Waals surface area (Å²) in [5, 5.41) is 14.8. The molecule has 0 saturated carbocycles. The van der Waals surface area contributed by atoms with Crippen molar-refractivity contribution in [2.24, 2.45) is 0 Å². The molecule has 0 aliphatic heterocycles. The first-order valence-electron chi connectivity index (χ1n) is 8.10. The van der Waals surface area contributed by atoms with E-state index in [1.165, 1.54) is 29.6 Å². The maximum Gasteiger partial charge on any atom is 0.323 e. The van der Waals surface area contributed by atoms with Crippen LogP contribution in [0, 0.1) is 0 Å². The average Bonchev–Trinajstić information content (AvgIpc) is 3.17. The fourth-order valence-electron chi connectivity index (χ4n) is 2.16. The third-order valence-electron chi connectivity index (χ3n) is 3.37. The number of nitrogens with zero attached hydrogens (tertiary/aromatic N) is 5. The van der Waals surface area contributed by atoms with Crippen LogP contribution in [0.5, 0.6) is 0 Å². The maximum absolute atomic E-state index is 12.3. The molecule has 2 N–H and O–H groups in total. The van der Waals surface area contributed by atoms with Gasteiger partial charge in [-0.3, -0.25) is 4.98 Å². The van der Waals surface area contributed by atoms with E-state index in [-0.39, 0.29) is 5.02 Å².